The summed E-state index contributed by atoms with van der Waals surface area (Å²) in [6.07, 6.45) is -3.45. The van der Waals surface area contributed by atoms with Crippen LogP contribution in [0.15, 0.2) is 45.6 Å². The van der Waals surface area contributed by atoms with E-state index in [9.17, 15) is 22.8 Å². The van der Waals surface area contributed by atoms with Gasteiger partial charge < -0.3 is 14.1 Å². The minimum absolute atomic E-state index is 0.150. The molecule has 0 atom stereocenters. The summed E-state index contributed by atoms with van der Waals surface area (Å²) < 4.78 is 48.5. The molecule has 1 fully saturated rings. The summed E-state index contributed by atoms with van der Waals surface area (Å²) in [4.78, 5) is 25.4. The molecule has 144 valence electrons. The lowest BCUT2D eigenvalue weighted by atomic mass is 10.1. The predicted octanol–water partition coefficient (Wildman–Crippen LogP) is 3.65. The summed E-state index contributed by atoms with van der Waals surface area (Å²) in [5, 5.41) is 0. The van der Waals surface area contributed by atoms with Crippen molar-refractivity contribution in [2.75, 3.05) is 13.1 Å². The van der Waals surface area contributed by atoms with Crippen molar-refractivity contribution < 1.29 is 27.1 Å². The molecule has 0 radical (unpaired) electrons. The van der Waals surface area contributed by atoms with Gasteiger partial charge in [0, 0.05) is 37.6 Å². The molecular weight excluding hydrogens is 363 g/mol. The lowest BCUT2D eigenvalue weighted by Crippen LogP contribution is -2.41. The number of hydrogen-bond acceptors (Lipinski definition) is 4. The summed E-state index contributed by atoms with van der Waals surface area (Å²) in [5.74, 6) is 0.571. The van der Waals surface area contributed by atoms with Gasteiger partial charge in [-0.1, -0.05) is 0 Å². The number of hydrogen-bond donors (Lipinski definition) is 0. The monoisotopic (exact) mass is 381 g/mol. The maximum Gasteiger partial charge on any atom is 0.416 e. The molecule has 5 nitrogen and oxygen atoms in total. The van der Waals surface area contributed by atoms with Gasteiger partial charge >= 0.3 is 11.8 Å². The van der Waals surface area contributed by atoms with Gasteiger partial charge in [-0.05, 0) is 31.2 Å². The molecule has 0 unspecified atom stereocenters. The minimum atomic E-state index is -4.43. The molecule has 1 aliphatic rings. The third-order valence-electron chi connectivity index (χ3n) is 4.36. The van der Waals surface area contributed by atoms with Crippen molar-refractivity contribution in [1.29, 1.82) is 0 Å². The topological polar surface area (TPSA) is 59.8 Å². The van der Waals surface area contributed by atoms with Crippen LogP contribution in [-0.4, -0.2) is 30.0 Å². The highest BCUT2D eigenvalue weighted by Crippen LogP contribution is 2.29. The van der Waals surface area contributed by atoms with E-state index in [0.717, 1.165) is 12.1 Å². The number of piperidine rings is 1. The van der Waals surface area contributed by atoms with Crippen LogP contribution >= 0.6 is 0 Å². The van der Waals surface area contributed by atoms with Crippen molar-refractivity contribution >= 4 is 5.91 Å². The highest BCUT2D eigenvalue weighted by molar-refractivity contribution is 5.94. The van der Waals surface area contributed by atoms with Crippen molar-refractivity contribution in [3.8, 4) is 5.75 Å². The summed E-state index contributed by atoms with van der Waals surface area (Å²) in [5.41, 5.74) is -1.05. The van der Waals surface area contributed by atoms with E-state index in [-0.39, 0.29) is 17.6 Å². The molecule has 3 rings (SSSR count). The first-order valence-corrected chi connectivity index (χ1v) is 8.47. The highest BCUT2D eigenvalue weighted by atomic mass is 19.4. The second-order valence-electron chi connectivity index (χ2n) is 6.41. The molecular formula is C19H18F3NO4. The number of likely N-dealkylation sites (tertiary alicyclic amines) is 1. The lowest BCUT2D eigenvalue weighted by molar-refractivity contribution is -0.137. The van der Waals surface area contributed by atoms with Crippen LogP contribution in [0.2, 0.25) is 0 Å². The first-order valence-electron chi connectivity index (χ1n) is 8.47. The summed E-state index contributed by atoms with van der Waals surface area (Å²) in [7, 11) is 0. The van der Waals surface area contributed by atoms with E-state index in [0.29, 0.717) is 37.4 Å². The Hall–Kier alpha value is -2.77. The zero-order valence-corrected chi connectivity index (χ0v) is 14.6. The average molecular weight is 381 g/mol. The van der Waals surface area contributed by atoms with Crippen molar-refractivity contribution in [3.63, 3.8) is 0 Å². The van der Waals surface area contributed by atoms with Crippen LogP contribution in [0, 0.1) is 6.92 Å². The third-order valence-corrected chi connectivity index (χ3v) is 4.36. The van der Waals surface area contributed by atoms with Gasteiger partial charge in [0.2, 0.25) is 0 Å². The van der Waals surface area contributed by atoms with E-state index in [1.54, 1.807) is 17.9 Å². The number of ether oxygens (including phenoxy) is 1. The number of rotatable bonds is 3. The average Bonchev–Trinajstić information content (AvgIpc) is 2.60. The largest absolute Gasteiger partial charge is 0.490 e. The van der Waals surface area contributed by atoms with Gasteiger partial charge in [-0.25, -0.2) is 4.79 Å². The molecule has 2 aromatic rings. The molecule has 0 N–H and O–H groups in total. The van der Waals surface area contributed by atoms with Crippen molar-refractivity contribution in [2.24, 2.45) is 0 Å². The standard InChI is InChI=1S/C19H18F3NO4/c1-12-10-16(11-17(24)26-12)27-15-6-8-23(9-7-15)18(25)13-2-4-14(5-3-13)19(20,21)22/h2-5,10-11,15H,6-9H2,1H3. The predicted molar refractivity (Wildman–Crippen MR) is 90.7 cm³/mol. The van der Waals surface area contributed by atoms with Crippen molar-refractivity contribution in [2.45, 2.75) is 32.0 Å². The molecule has 1 aliphatic heterocycles. The number of halogens is 3. The Morgan fingerprint density at radius 1 is 1.15 bits per heavy atom. The minimum Gasteiger partial charge on any atom is -0.490 e. The summed E-state index contributed by atoms with van der Waals surface area (Å²) in [6.45, 7) is 2.50. The van der Waals surface area contributed by atoms with Gasteiger partial charge in [0.25, 0.3) is 5.91 Å². The number of carbonyl (C=O) groups is 1. The van der Waals surface area contributed by atoms with E-state index in [1.165, 1.54) is 18.2 Å². The number of benzene rings is 1. The molecule has 0 bridgehead atoms. The number of alkyl halides is 3. The highest BCUT2D eigenvalue weighted by Gasteiger charge is 2.31. The van der Waals surface area contributed by atoms with Crippen LogP contribution in [0.4, 0.5) is 13.2 Å². The summed E-state index contributed by atoms with van der Waals surface area (Å²) in [6, 6.07) is 7.10. The second kappa shape index (κ2) is 7.46. The van der Waals surface area contributed by atoms with Gasteiger partial charge in [0.05, 0.1) is 11.6 Å². The Morgan fingerprint density at radius 3 is 2.33 bits per heavy atom. The molecule has 0 saturated carbocycles. The van der Waals surface area contributed by atoms with E-state index in [2.05, 4.69) is 0 Å². The molecule has 1 aromatic heterocycles. The lowest BCUT2D eigenvalue weighted by Gasteiger charge is -2.32. The van der Waals surface area contributed by atoms with Gasteiger partial charge in [-0.3, -0.25) is 4.79 Å². The molecule has 8 heteroatoms. The SMILES string of the molecule is Cc1cc(OC2CCN(C(=O)c3ccc(C(F)(F)F)cc3)CC2)cc(=O)o1. The van der Waals surface area contributed by atoms with Gasteiger partial charge in [0.15, 0.2) is 0 Å². The van der Waals surface area contributed by atoms with E-state index < -0.39 is 17.4 Å². The molecule has 0 aliphatic carbocycles. The molecule has 27 heavy (non-hydrogen) atoms. The van der Waals surface area contributed by atoms with Gasteiger partial charge in [-0.2, -0.15) is 13.2 Å². The smallest absolute Gasteiger partial charge is 0.416 e. The number of amides is 1. The zero-order chi connectivity index (χ0) is 19.6. The Balaban J connectivity index is 1.58. The van der Waals surface area contributed by atoms with Gasteiger partial charge in [0.1, 0.15) is 17.6 Å². The van der Waals surface area contributed by atoms with Gasteiger partial charge in [-0.15, -0.1) is 0 Å². The maximum atomic E-state index is 12.6. The normalized spacial score (nSPS) is 15.6. The molecule has 1 aromatic carbocycles. The van der Waals surface area contributed by atoms with E-state index in [4.69, 9.17) is 9.15 Å². The summed E-state index contributed by atoms with van der Waals surface area (Å²) >= 11 is 0. The van der Waals surface area contributed by atoms with Crippen molar-refractivity contribution in [1.82, 2.24) is 4.90 Å². The van der Waals surface area contributed by atoms with Crippen LogP contribution in [0.25, 0.3) is 0 Å². The fraction of sp³-hybridized carbons (Fsp3) is 0.368. The van der Waals surface area contributed by atoms with Crippen LogP contribution in [0.1, 0.15) is 34.5 Å². The van der Waals surface area contributed by atoms with Crippen LogP contribution in [0.3, 0.4) is 0 Å². The van der Waals surface area contributed by atoms with E-state index in [1.807, 2.05) is 0 Å². The first-order chi connectivity index (χ1) is 12.7. The maximum absolute atomic E-state index is 12.6. The number of carbonyl (C=O) groups excluding carboxylic acids is 1. The molecule has 1 amide bonds. The Labute approximate surface area is 153 Å². The Morgan fingerprint density at radius 2 is 1.78 bits per heavy atom. The Kier molecular flexibility index (Phi) is 5.25. The fourth-order valence-corrected chi connectivity index (χ4v) is 3.00. The van der Waals surface area contributed by atoms with E-state index >= 15 is 0 Å². The molecule has 0 spiro atoms. The van der Waals surface area contributed by atoms with Crippen LogP contribution in [0.5, 0.6) is 5.75 Å². The number of nitrogens with zero attached hydrogens (tertiary/aromatic N) is 1. The molecule has 2 heterocycles. The molecule has 1 saturated heterocycles. The van der Waals surface area contributed by atoms with Crippen LogP contribution in [-0.2, 0) is 6.18 Å². The van der Waals surface area contributed by atoms with Crippen molar-refractivity contribution in [3.05, 3.63) is 63.7 Å². The number of aryl methyl sites for hydroxylation is 1. The third kappa shape index (κ3) is 4.69. The zero-order valence-electron chi connectivity index (χ0n) is 14.6. The van der Waals surface area contributed by atoms with Crippen LogP contribution < -0.4 is 10.4 Å². The quantitative estimate of drug-likeness (QED) is 0.814. The first kappa shape index (κ1) is 19.0. The fourth-order valence-electron chi connectivity index (χ4n) is 3.00. The Bertz CT molecular complexity index is 866. The second-order valence-corrected chi connectivity index (χ2v) is 6.41.